The van der Waals surface area contributed by atoms with Gasteiger partial charge in [0.15, 0.2) is 0 Å². The molecule has 0 fully saturated rings. The summed E-state index contributed by atoms with van der Waals surface area (Å²) in [4.78, 5) is 14.8. The Kier molecular flexibility index (Phi) is 5.27. The Bertz CT molecular complexity index is 877. The Hall–Kier alpha value is -2.49. The van der Waals surface area contributed by atoms with Gasteiger partial charge in [-0.2, -0.15) is 0 Å². The molecule has 0 aromatic heterocycles. The van der Waals surface area contributed by atoms with Crippen LogP contribution in [0, 0.1) is 0 Å². The predicted octanol–water partition coefficient (Wildman–Crippen LogP) is 5.98. The summed E-state index contributed by atoms with van der Waals surface area (Å²) in [6.45, 7) is 0. The first kappa shape index (κ1) is 17.3. The normalized spacial score (nSPS) is 10.4. The third kappa shape index (κ3) is 3.63. The Balaban J connectivity index is 2.16. The van der Waals surface area contributed by atoms with Gasteiger partial charge in [-0.15, -0.1) is 0 Å². The minimum Gasteiger partial charge on any atom is -0.497 e. The largest absolute Gasteiger partial charge is 0.497 e. The van der Waals surface area contributed by atoms with Gasteiger partial charge in [0.2, 0.25) is 0 Å². The van der Waals surface area contributed by atoms with E-state index in [1.807, 2.05) is 30.3 Å². The zero-order valence-corrected chi connectivity index (χ0v) is 15.0. The molecule has 3 rings (SSSR count). The second-order valence-electron chi connectivity index (χ2n) is 5.28. The zero-order valence-electron chi connectivity index (χ0n) is 13.4. The average Bonchev–Trinajstić information content (AvgIpc) is 2.65. The minimum absolute atomic E-state index is 0.250. The standard InChI is InChI=1S/C20H15Cl2NO2/c1-25-16-10-5-7-14(13-16)20(24)23(15-8-3-2-4-9-15)19-17(21)11-6-12-18(19)22/h2-13H,1H3. The fourth-order valence-corrected chi connectivity index (χ4v) is 3.08. The van der Waals surface area contributed by atoms with Crippen LogP contribution in [-0.4, -0.2) is 13.0 Å². The maximum Gasteiger partial charge on any atom is 0.263 e. The van der Waals surface area contributed by atoms with Crippen LogP contribution in [0.3, 0.4) is 0 Å². The molecule has 3 nitrogen and oxygen atoms in total. The number of benzene rings is 3. The van der Waals surface area contributed by atoms with Crippen LogP contribution in [-0.2, 0) is 0 Å². The molecule has 0 N–H and O–H groups in total. The van der Waals surface area contributed by atoms with Gasteiger partial charge in [-0.3, -0.25) is 9.69 Å². The van der Waals surface area contributed by atoms with Crippen LogP contribution in [0.4, 0.5) is 11.4 Å². The van der Waals surface area contributed by atoms with Crippen molar-refractivity contribution in [2.75, 3.05) is 12.0 Å². The first-order valence-corrected chi connectivity index (χ1v) is 8.35. The second kappa shape index (κ2) is 7.60. The highest BCUT2D eigenvalue weighted by Gasteiger charge is 2.24. The summed E-state index contributed by atoms with van der Waals surface area (Å²) < 4.78 is 5.22. The molecule has 126 valence electrons. The van der Waals surface area contributed by atoms with Gasteiger partial charge in [0.25, 0.3) is 5.91 Å². The van der Waals surface area contributed by atoms with Crippen molar-refractivity contribution in [3.8, 4) is 5.75 Å². The SMILES string of the molecule is COc1cccc(C(=O)N(c2ccccc2)c2c(Cl)cccc2Cl)c1. The smallest absolute Gasteiger partial charge is 0.263 e. The lowest BCUT2D eigenvalue weighted by Crippen LogP contribution is -2.26. The summed E-state index contributed by atoms with van der Waals surface area (Å²) >= 11 is 12.7. The number of carbonyl (C=O) groups excluding carboxylic acids is 1. The third-order valence-corrected chi connectivity index (χ3v) is 4.31. The third-order valence-electron chi connectivity index (χ3n) is 3.70. The fourth-order valence-electron chi connectivity index (χ4n) is 2.51. The number of hydrogen-bond donors (Lipinski definition) is 0. The number of para-hydroxylation sites is 2. The molecule has 0 radical (unpaired) electrons. The first-order valence-electron chi connectivity index (χ1n) is 7.59. The number of carbonyl (C=O) groups is 1. The number of rotatable bonds is 4. The molecule has 0 bridgehead atoms. The quantitative estimate of drug-likeness (QED) is 0.564. The van der Waals surface area contributed by atoms with E-state index in [-0.39, 0.29) is 5.91 Å². The first-order chi connectivity index (χ1) is 12.1. The van der Waals surface area contributed by atoms with Crippen LogP contribution < -0.4 is 9.64 Å². The van der Waals surface area contributed by atoms with Gasteiger partial charge in [0.1, 0.15) is 5.75 Å². The topological polar surface area (TPSA) is 29.5 Å². The van der Waals surface area contributed by atoms with E-state index in [0.29, 0.717) is 32.7 Å². The highest BCUT2D eigenvalue weighted by atomic mass is 35.5. The molecule has 0 spiro atoms. The molecule has 5 heteroatoms. The maximum absolute atomic E-state index is 13.3. The molecule has 3 aromatic carbocycles. The van der Waals surface area contributed by atoms with E-state index in [2.05, 4.69) is 0 Å². The van der Waals surface area contributed by atoms with Crippen molar-refractivity contribution in [1.29, 1.82) is 0 Å². The summed E-state index contributed by atoms with van der Waals surface area (Å²) in [6, 6.07) is 21.4. The van der Waals surface area contributed by atoms with Gasteiger partial charge in [0.05, 0.1) is 22.8 Å². The number of anilines is 2. The van der Waals surface area contributed by atoms with Crippen molar-refractivity contribution in [3.05, 3.63) is 88.4 Å². The molecule has 0 saturated heterocycles. The summed E-state index contributed by atoms with van der Waals surface area (Å²) in [5, 5.41) is 0.792. The lowest BCUT2D eigenvalue weighted by molar-refractivity contribution is 0.0999. The summed E-state index contributed by atoms with van der Waals surface area (Å²) in [5.74, 6) is 0.351. The molecule has 1 amide bonds. The Labute approximate surface area is 156 Å². The van der Waals surface area contributed by atoms with Crippen LogP contribution in [0.1, 0.15) is 10.4 Å². The van der Waals surface area contributed by atoms with Gasteiger partial charge < -0.3 is 4.74 Å². The number of amides is 1. The van der Waals surface area contributed by atoms with Crippen LogP contribution >= 0.6 is 23.2 Å². The molecule has 0 aliphatic carbocycles. The van der Waals surface area contributed by atoms with Gasteiger partial charge in [0, 0.05) is 11.3 Å². The molecule has 0 heterocycles. The zero-order chi connectivity index (χ0) is 17.8. The number of hydrogen-bond acceptors (Lipinski definition) is 2. The van der Waals surface area contributed by atoms with E-state index in [1.54, 1.807) is 49.6 Å². The van der Waals surface area contributed by atoms with E-state index in [0.717, 1.165) is 0 Å². The number of nitrogens with zero attached hydrogens (tertiary/aromatic N) is 1. The molecule has 0 saturated carbocycles. The number of methoxy groups -OCH3 is 1. The summed E-state index contributed by atoms with van der Waals surface area (Å²) in [5.41, 5.74) is 1.59. The van der Waals surface area contributed by atoms with Crippen LogP contribution in [0.5, 0.6) is 5.75 Å². The Morgan fingerprint density at radius 1 is 0.880 bits per heavy atom. The van der Waals surface area contributed by atoms with E-state index < -0.39 is 0 Å². The van der Waals surface area contributed by atoms with Crippen LogP contribution in [0.15, 0.2) is 72.8 Å². The Morgan fingerprint density at radius 3 is 2.16 bits per heavy atom. The molecule has 0 aliphatic heterocycles. The van der Waals surface area contributed by atoms with Gasteiger partial charge >= 0.3 is 0 Å². The monoisotopic (exact) mass is 371 g/mol. The average molecular weight is 372 g/mol. The Morgan fingerprint density at radius 2 is 1.52 bits per heavy atom. The van der Waals surface area contributed by atoms with Crippen molar-refractivity contribution in [1.82, 2.24) is 0 Å². The van der Waals surface area contributed by atoms with Crippen molar-refractivity contribution in [2.24, 2.45) is 0 Å². The van der Waals surface area contributed by atoms with Gasteiger partial charge in [-0.25, -0.2) is 0 Å². The van der Waals surface area contributed by atoms with Crippen molar-refractivity contribution < 1.29 is 9.53 Å². The van der Waals surface area contributed by atoms with E-state index in [4.69, 9.17) is 27.9 Å². The highest BCUT2D eigenvalue weighted by Crippen LogP contribution is 2.39. The molecule has 0 atom stereocenters. The minimum atomic E-state index is -0.250. The fraction of sp³-hybridized carbons (Fsp3) is 0.0500. The van der Waals surface area contributed by atoms with Crippen molar-refractivity contribution in [3.63, 3.8) is 0 Å². The summed E-state index contributed by atoms with van der Waals surface area (Å²) in [7, 11) is 1.56. The van der Waals surface area contributed by atoms with Gasteiger partial charge in [-0.05, 0) is 42.5 Å². The number of ether oxygens (including phenoxy) is 1. The number of halogens is 2. The van der Waals surface area contributed by atoms with Crippen LogP contribution in [0.2, 0.25) is 10.0 Å². The second-order valence-corrected chi connectivity index (χ2v) is 6.09. The lowest BCUT2D eigenvalue weighted by atomic mass is 10.1. The van der Waals surface area contributed by atoms with E-state index in [9.17, 15) is 4.79 Å². The molecule has 0 unspecified atom stereocenters. The van der Waals surface area contributed by atoms with E-state index in [1.165, 1.54) is 4.90 Å². The van der Waals surface area contributed by atoms with Crippen molar-refractivity contribution in [2.45, 2.75) is 0 Å². The predicted molar refractivity (Wildman–Crippen MR) is 102 cm³/mol. The van der Waals surface area contributed by atoms with Crippen molar-refractivity contribution >= 4 is 40.5 Å². The highest BCUT2D eigenvalue weighted by molar-refractivity contribution is 6.40. The summed E-state index contributed by atoms with van der Waals surface area (Å²) in [6.07, 6.45) is 0. The van der Waals surface area contributed by atoms with Crippen LogP contribution in [0.25, 0.3) is 0 Å². The van der Waals surface area contributed by atoms with Gasteiger partial charge in [-0.1, -0.05) is 53.5 Å². The molecule has 25 heavy (non-hydrogen) atoms. The maximum atomic E-state index is 13.3. The molecule has 0 aliphatic rings. The van der Waals surface area contributed by atoms with E-state index >= 15 is 0 Å². The molecular weight excluding hydrogens is 357 g/mol. The molecular formula is C20H15Cl2NO2. The lowest BCUT2D eigenvalue weighted by Gasteiger charge is -2.25. The molecule has 3 aromatic rings.